The van der Waals surface area contributed by atoms with E-state index in [-0.39, 0.29) is 12.5 Å². The third-order valence-corrected chi connectivity index (χ3v) is 3.56. The quantitative estimate of drug-likeness (QED) is 0.623. The van der Waals surface area contributed by atoms with Crippen LogP contribution in [0.2, 0.25) is 15.1 Å². The number of carbonyl (C=O) groups excluding carboxylic acids is 1. The van der Waals surface area contributed by atoms with Crippen LogP contribution >= 0.6 is 34.8 Å². The molecule has 1 amide bonds. The van der Waals surface area contributed by atoms with Crippen LogP contribution in [0, 0.1) is 0 Å². The van der Waals surface area contributed by atoms with E-state index in [1.807, 2.05) is 12.1 Å². The average Bonchev–Trinajstić information content (AvgIpc) is 2.49. The normalized spacial score (nSPS) is 10.7. The molecule has 0 fully saturated rings. The first-order valence-electron chi connectivity index (χ1n) is 6.31. The molecular weight excluding hydrogens is 345 g/mol. The third kappa shape index (κ3) is 4.91. The molecule has 0 aliphatic rings. The first kappa shape index (κ1) is 16.6. The number of rotatable bonds is 5. The number of amides is 1. The minimum absolute atomic E-state index is 0.0510. The summed E-state index contributed by atoms with van der Waals surface area (Å²) in [5.41, 5.74) is 3.74. The van der Waals surface area contributed by atoms with Crippen LogP contribution in [0.15, 0.2) is 47.6 Å². The molecule has 0 heterocycles. The lowest BCUT2D eigenvalue weighted by atomic mass is 10.2. The van der Waals surface area contributed by atoms with Gasteiger partial charge in [0.25, 0.3) is 5.91 Å². The van der Waals surface area contributed by atoms with Crippen molar-refractivity contribution in [3.63, 3.8) is 0 Å². The van der Waals surface area contributed by atoms with Crippen molar-refractivity contribution in [3.8, 4) is 0 Å². The average molecular weight is 357 g/mol. The maximum Gasteiger partial charge on any atom is 0.259 e. The molecule has 22 heavy (non-hydrogen) atoms. The van der Waals surface area contributed by atoms with Crippen LogP contribution in [0.25, 0.3) is 0 Å². The zero-order valence-electron chi connectivity index (χ0n) is 11.3. The van der Waals surface area contributed by atoms with E-state index in [1.54, 1.807) is 30.3 Å². The topological polar surface area (TPSA) is 53.5 Å². The Labute approximate surface area is 143 Å². The SMILES string of the molecule is O=C(CNc1ccccc1Cl)N/N=C/c1ccc(Cl)cc1Cl. The molecule has 0 saturated heterocycles. The van der Waals surface area contributed by atoms with E-state index < -0.39 is 0 Å². The van der Waals surface area contributed by atoms with Crippen molar-refractivity contribution in [2.24, 2.45) is 5.10 Å². The lowest BCUT2D eigenvalue weighted by Crippen LogP contribution is -2.25. The van der Waals surface area contributed by atoms with Gasteiger partial charge in [-0.2, -0.15) is 5.10 Å². The zero-order valence-corrected chi connectivity index (χ0v) is 13.6. The summed E-state index contributed by atoms with van der Waals surface area (Å²) in [6.45, 7) is 0.0510. The summed E-state index contributed by atoms with van der Waals surface area (Å²) in [5, 5.41) is 8.30. The largest absolute Gasteiger partial charge is 0.375 e. The van der Waals surface area contributed by atoms with Gasteiger partial charge < -0.3 is 5.32 Å². The lowest BCUT2D eigenvalue weighted by molar-refractivity contribution is -0.119. The number of halogens is 3. The first-order valence-corrected chi connectivity index (χ1v) is 7.45. The maximum absolute atomic E-state index is 11.7. The van der Waals surface area contributed by atoms with Crippen LogP contribution in [-0.2, 0) is 4.79 Å². The number of carbonyl (C=O) groups is 1. The highest BCUT2D eigenvalue weighted by molar-refractivity contribution is 6.36. The van der Waals surface area contributed by atoms with Gasteiger partial charge in [0.05, 0.1) is 28.5 Å². The molecule has 0 bridgehead atoms. The van der Waals surface area contributed by atoms with E-state index in [2.05, 4.69) is 15.8 Å². The third-order valence-electron chi connectivity index (χ3n) is 2.67. The highest BCUT2D eigenvalue weighted by atomic mass is 35.5. The second kappa shape index (κ2) is 8.03. The predicted octanol–water partition coefficient (Wildman–Crippen LogP) is 4.21. The molecule has 2 N–H and O–H groups in total. The Kier molecular flexibility index (Phi) is 6.07. The van der Waals surface area contributed by atoms with Crippen molar-refractivity contribution in [3.05, 3.63) is 63.1 Å². The minimum Gasteiger partial charge on any atom is -0.375 e. The molecule has 0 saturated carbocycles. The summed E-state index contributed by atoms with van der Waals surface area (Å²) in [7, 11) is 0. The molecule has 4 nitrogen and oxygen atoms in total. The van der Waals surface area contributed by atoms with E-state index in [4.69, 9.17) is 34.8 Å². The van der Waals surface area contributed by atoms with Gasteiger partial charge in [-0.05, 0) is 24.3 Å². The van der Waals surface area contributed by atoms with Gasteiger partial charge in [-0.25, -0.2) is 5.43 Å². The number of para-hydroxylation sites is 1. The molecule has 2 rings (SSSR count). The highest BCUT2D eigenvalue weighted by Gasteiger charge is 2.02. The van der Waals surface area contributed by atoms with Crippen LogP contribution in [-0.4, -0.2) is 18.7 Å². The number of nitrogens with one attached hydrogen (secondary N) is 2. The number of anilines is 1. The van der Waals surface area contributed by atoms with Crippen molar-refractivity contribution >= 4 is 52.6 Å². The van der Waals surface area contributed by atoms with E-state index in [1.165, 1.54) is 6.21 Å². The second-order valence-electron chi connectivity index (χ2n) is 4.29. The van der Waals surface area contributed by atoms with E-state index in [9.17, 15) is 4.79 Å². The fourth-order valence-corrected chi connectivity index (χ4v) is 2.26. The van der Waals surface area contributed by atoms with Crippen molar-refractivity contribution in [2.45, 2.75) is 0 Å². The highest BCUT2D eigenvalue weighted by Crippen LogP contribution is 2.20. The van der Waals surface area contributed by atoms with Gasteiger partial charge in [-0.3, -0.25) is 4.79 Å². The molecule has 7 heteroatoms. The molecular formula is C15H12Cl3N3O. The number of nitrogens with zero attached hydrogens (tertiary/aromatic N) is 1. The number of hydrogen-bond acceptors (Lipinski definition) is 3. The van der Waals surface area contributed by atoms with Crippen molar-refractivity contribution in [1.29, 1.82) is 0 Å². The Morgan fingerprint density at radius 3 is 2.59 bits per heavy atom. The Hall–Kier alpha value is -1.75. The minimum atomic E-state index is -0.304. The monoisotopic (exact) mass is 355 g/mol. The Bertz CT molecular complexity index is 704. The fraction of sp³-hybridized carbons (Fsp3) is 0.0667. The van der Waals surface area contributed by atoms with Gasteiger partial charge in [0, 0.05) is 10.6 Å². The van der Waals surface area contributed by atoms with Gasteiger partial charge in [-0.1, -0.05) is 53.0 Å². The predicted molar refractivity (Wildman–Crippen MR) is 92.1 cm³/mol. The summed E-state index contributed by atoms with van der Waals surface area (Å²) in [4.78, 5) is 11.7. The summed E-state index contributed by atoms with van der Waals surface area (Å²) in [5.74, 6) is -0.304. The molecule has 0 radical (unpaired) electrons. The standard InChI is InChI=1S/C15H12Cl3N3O/c16-11-6-5-10(13(18)7-11)8-20-21-15(22)9-19-14-4-2-1-3-12(14)17/h1-8,19H,9H2,(H,21,22)/b20-8+. The van der Waals surface area contributed by atoms with E-state index >= 15 is 0 Å². The van der Waals surface area contributed by atoms with Gasteiger partial charge in [0.1, 0.15) is 0 Å². The molecule has 2 aromatic rings. The van der Waals surface area contributed by atoms with Crippen molar-refractivity contribution < 1.29 is 4.79 Å². The number of benzene rings is 2. The van der Waals surface area contributed by atoms with Gasteiger partial charge in [0.15, 0.2) is 0 Å². The molecule has 0 atom stereocenters. The van der Waals surface area contributed by atoms with Crippen molar-refractivity contribution in [2.75, 3.05) is 11.9 Å². The molecule has 0 aliphatic carbocycles. The van der Waals surface area contributed by atoms with E-state index in [0.29, 0.717) is 26.3 Å². The van der Waals surface area contributed by atoms with Gasteiger partial charge in [-0.15, -0.1) is 0 Å². The Morgan fingerprint density at radius 1 is 1.09 bits per heavy atom. The summed E-state index contributed by atoms with van der Waals surface area (Å²) >= 11 is 17.8. The number of hydrazone groups is 1. The first-order chi connectivity index (χ1) is 10.6. The molecule has 0 aliphatic heterocycles. The van der Waals surface area contributed by atoms with Gasteiger partial charge in [0.2, 0.25) is 0 Å². The van der Waals surface area contributed by atoms with Crippen LogP contribution in [0.5, 0.6) is 0 Å². The summed E-state index contributed by atoms with van der Waals surface area (Å²) in [6.07, 6.45) is 1.45. The molecule has 2 aromatic carbocycles. The van der Waals surface area contributed by atoms with Crippen molar-refractivity contribution in [1.82, 2.24) is 5.43 Å². The van der Waals surface area contributed by atoms with Gasteiger partial charge >= 0.3 is 0 Å². The molecule has 0 spiro atoms. The van der Waals surface area contributed by atoms with Crippen LogP contribution in [0.1, 0.15) is 5.56 Å². The fourth-order valence-electron chi connectivity index (χ4n) is 1.60. The smallest absolute Gasteiger partial charge is 0.259 e. The maximum atomic E-state index is 11.7. The number of hydrogen-bond donors (Lipinski definition) is 2. The molecule has 0 aromatic heterocycles. The van der Waals surface area contributed by atoms with E-state index in [0.717, 1.165) is 0 Å². The van der Waals surface area contributed by atoms with Crippen LogP contribution in [0.4, 0.5) is 5.69 Å². The Balaban J connectivity index is 1.85. The Morgan fingerprint density at radius 2 is 1.86 bits per heavy atom. The molecule has 114 valence electrons. The lowest BCUT2D eigenvalue weighted by Gasteiger charge is -2.06. The summed E-state index contributed by atoms with van der Waals surface area (Å²) in [6, 6.07) is 12.2. The van der Waals surface area contributed by atoms with Crippen LogP contribution in [0.3, 0.4) is 0 Å². The molecule has 0 unspecified atom stereocenters. The second-order valence-corrected chi connectivity index (χ2v) is 5.54. The zero-order chi connectivity index (χ0) is 15.9. The summed E-state index contributed by atoms with van der Waals surface area (Å²) < 4.78 is 0. The van der Waals surface area contributed by atoms with Crippen LogP contribution < -0.4 is 10.7 Å².